The minimum absolute atomic E-state index is 0.148. The number of ether oxygens (including phenoxy) is 2. The summed E-state index contributed by atoms with van der Waals surface area (Å²) >= 11 is 1.40. The number of carbonyl (C=O) groups is 1. The van der Waals surface area contributed by atoms with E-state index >= 15 is 0 Å². The van der Waals surface area contributed by atoms with E-state index in [1.54, 1.807) is 0 Å². The van der Waals surface area contributed by atoms with Gasteiger partial charge in [-0.2, -0.15) is 8.78 Å². The summed E-state index contributed by atoms with van der Waals surface area (Å²) in [4.78, 5) is 10.1. The normalized spacial score (nSPS) is 11.3. The monoisotopic (exact) mass is 280 g/mol. The zero-order valence-electron chi connectivity index (χ0n) is 5.77. The molecule has 0 bridgehead atoms. The highest BCUT2D eigenvalue weighted by Crippen LogP contribution is 2.12. The van der Waals surface area contributed by atoms with Gasteiger partial charge in [0.25, 0.3) is 0 Å². The Morgan fingerprint density at radius 2 is 2.09 bits per heavy atom. The molecule has 6 heteroatoms. The Morgan fingerprint density at radius 1 is 1.55 bits per heavy atom. The van der Waals surface area contributed by atoms with Crippen LogP contribution in [-0.2, 0) is 9.47 Å². The van der Waals surface area contributed by atoms with Gasteiger partial charge in [-0.15, -0.1) is 0 Å². The van der Waals surface area contributed by atoms with Crippen molar-refractivity contribution in [3.05, 3.63) is 0 Å². The average Bonchev–Trinajstić information content (AvgIpc) is 1.78. The van der Waals surface area contributed by atoms with E-state index in [9.17, 15) is 13.6 Å². The van der Waals surface area contributed by atoms with Gasteiger partial charge >= 0.3 is 10.1 Å². The molecule has 66 valence electrons. The summed E-state index contributed by atoms with van der Waals surface area (Å²) < 4.78 is 31.5. The van der Waals surface area contributed by atoms with Crippen LogP contribution in [0.15, 0.2) is 0 Å². The van der Waals surface area contributed by atoms with Crippen LogP contribution in [0.1, 0.15) is 6.92 Å². The third kappa shape index (κ3) is 10.0. The molecular weight excluding hydrogens is 273 g/mol. The SMILES string of the molecule is CC(F)(F)OCCOC(=O)I. The first-order valence-electron chi connectivity index (χ1n) is 2.76. The van der Waals surface area contributed by atoms with E-state index in [-0.39, 0.29) is 13.2 Å². The van der Waals surface area contributed by atoms with Crippen molar-refractivity contribution in [1.29, 1.82) is 0 Å². The maximum Gasteiger partial charge on any atom is 0.367 e. The summed E-state index contributed by atoms with van der Waals surface area (Å²) in [7, 11) is 0. The van der Waals surface area contributed by atoms with E-state index in [0.29, 0.717) is 6.92 Å². The number of halogens is 3. The molecule has 0 aromatic rings. The predicted octanol–water partition coefficient (Wildman–Crippen LogP) is 2.19. The second-order valence-electron chi connectivity index (χ2n) is 1.74. The molecule has 0 aliphatic rings. The Hall–Kier alpha value is 0.0200. The lowest BCUT2D eigenvalue weighted by molar-refractivity contribution is -0.227. The lowest BCUT2D eigenvalue weighted by atomic mass is 10.7. The molecule has 0 heterocycles. The molecule has 0 N–H and O–H groups in total. The first-order valence-corrected chi connectivity index (χ1v) is 3.84. The standard InChI is InChI=1S/C5H7F2IO3/c1-5(6,7)11-3-2-10-4(8)9/h2-3H2,1H3. The number of alkyl halides is 2. The number of rotatable bonds is 4. The number of hydrogen-bond donors (Lipinski definition) is 0. The second kappa shape index (κ2) is 4.81. The molecule has 0 amide bonds. The van der Waals surface area contributed by atoms with Crippen LogP contribution >= 0.6 is 22.6 Å². The summed E-state index contributed by atoms with van der Waals surface area (Å²) in [5.74, 6) is 0. The molecule has 0 atom stereocenters. The van der Waals surface area contributed by atoms with E-state index in [4.69, 9.17) is 0 Å². The zero-order valence-corrected chi connectivity index (χ0v) is 7.93. The van der Waals surface area contributed by atoms with Crippen molar-refractivity contribution in [2.75, 3.05) is 13.2 Å². The van der Waals surface area contributed by atoms with Gasteiger partial charge in [-0.25, -0.2) is 4.79 Å². The fourth-order valence-corrected chi connectivity index (χ4v) is 0.563. The van der Waals surface area contributed by atoms with Crippen LogP contribution in [0.4, 0.5) is 13.6 Å². The molecule has 3 nitrogen and oxygen atoms in total. The van der Waals surface area contributed by atoms with Gasteiger partial charge in [-0.3, -0.25) is 0 Å². The minimum atomic E-state index is -3.16. The van der Waals surface area contributed by atoms with Gasteiger partial charge in [-0.1, -0.05) is 0 Å². The maximum absolute atomic E-state index is 11.9. The van der Waals surface area contributed by atoms with E-state index in [0.717, 1.165) is 0 Å². The van der Waals surface area contributed by atoms with Gasteiger partial charge in [0.05, 0.1) is 29.2 Å². The molecule has 0 unspecified atom stereocenters. The van der Waals surface area contributed by atoms with Crippen molar-refractivity contribution in [3.63, 3.8) is 0 Å². The molecule has 0 saturated carbocycles. The van der Waals surface area contributed by atoms with E-state index in [1.165, 1.54) is 22.6 Å². The summed E-state index contributed by atoms with van der Waals surface area (Å²) in [6.45, 7) is 0.183. The van der Waals surface area contributed by atoms with E-state index in [2.05, 4.69) is 9.47 Å². The van der Waals surface area contributed by atoms with E-state index < -0.39 is 10.1 Å². The largest absolute Gasteiger partial charge is 0.456 e. The van der Waals surface area contributed by atoms with Crippen LogP contribution in [-0.4, -0.2) is 23.3 Å². The molecule has 0 aromatic heterocycles. The van der Waals surface area contributed by atoms with Crippen molar-refractivity contribution < 1.29 is 23.0 Å². The second-order valence-corrected chi connectivity index (χ2v) is 2.62. The fourth-order valence-electron chi connectivity index (χ4n) is 0.343. The molecule has 0 aromatic carbocycles. The van der Waals surface area contributed by atoms with Crippen molar-refractivity contribution >= 4 is 26.6 Å². The summed E-state index contributed by atoms with van der Waals surface area (Å²) in [5, 5.41) is 0. The molecule has 0 aliphatic carbocycles. The Labute approximate surface area is 76.2 Å². The van der Waals surface area contributed by atoms with Crippen molar-refractivity contribution in [3.8, 4) is 0 Å². The molecule has 0 spiro atoms. The van der Waals surface area contributed by atoms with Crippen LogP contribution < -0.4 is 0 Å². The Morgan fingerprint density at radius 3 is 2.45 bits per heavy atom. The Balaban J connectivity index is 3.22. The lowest BCUT2D eigenvalue weighted by Crippen LogP contribution is -2.18. The smallest absolute Gasteiger partial charge is 0.367 e. The first-order chi connectivity index (χ1) is 4.92. The lowest BCUT2D eigenvalue weighted by Gasteiger charge is -2.10. The van der Waals surface area contributed by atoms with Crippen molar-refractivity contribution in [1.82, 2.24) is 0 Å². The predicted molar refractivity (Wildman–Crippen MR) is 41.9 cm³/mol. The van der Waals surface area contributed by atoms with Gasteiger partial charge in [-0.05, 0) is 0 Å². The van der Waals surface area contributed by atoms with Gasteiger partial charge in [0, 0.05) is 6.92 Å². The van der Waals surface area contributed by atoms with Crippen LogP contribution in [0.5, 0.6) is 0 Å². The third-order valence-electron chi connectivity index (χ3n) is 0.654. The molecule has 0 fully saturated rings. The van der Waals surface area contributed by atoms with Crippen LogP contribution in [0.25, 0.3) is 0 Å². The molecule has 0 radical (unpaired) electrons. The van der Waals surface area contributed by atoms with Crippen LogP contribution in [0.3, 0.4) is 0 Å². The average molecular weight is 280 g/mol. The third-order valence-corrected chi connectivity index (χ3v) is 0.966. The van der Waals surface area contributed by atoms with Crippen molar-refractivity contribution in [2.45, 2.75) is 13.0 Å². The van der Waals surface area contributed by atoms with Crippen LogP contribution in [0.2, 0.25) is 0 Å². The Bertz CT molecular complexity index is 134. The molecule has 0 rings (SSSR count). The highest BCUT2D eigenvalue weighted by Gasteiger charge is 2.20. The van der Waals surface area contributed by atoms with Crippen LogP contribution in [0, 0.1) is 0 Å². The van der Waals surface area contributed by atoms with Gasteiger partial charge in [0.1, 0.15) is 6.61 Å². The molecular formula is C5H7F2IO3. The number of hydrogen-bond acceptors (Lipinski definition) is 3. The highest BCUT2D eigenvalue weighted by molar-refractivity contribution is 14.1. The number of carbonyl (C=O) groups excluding carboxylic acids is 1. The topological polar surface area (TPSA) is 35.5 Å². The molecule has 11 heavy (non-hydrogen) atoms. The summed E-state index contributed by atoms with van der Waals surface area (Å²) in [5.41, 5.74) is 0. The van der Waals surface area contributed by atoms with E-state index in [1.807, 2.05) is 0 Å². The highest BCUT2D eigenvalue weighted by atomic mass is 127. The quantitative estimate of drug-likeness (QED) is 0.450. The van der Waals surface area contributed by atoms with Gasteiger partial charge in [0.15, 0.2) is 0 Å². The minimum Gasteiger partial charge on any atom is -0.456 e. The van der Waals surface area contributed by atoms with Gasteiger partial charge < -0.3 is 9.47 Å². The summed E-state index contributed by atoms with van der Waals surface area (Å²) in [6.07, 6.45) is -3.16. The Kier molecular flexibility index (Phi) is 4.82. The zero-order chi connectivity index (χ0) is 8.91. The van der Waals surface area contributed by atoms with Gasteiger partial charge in [0.2, 0.25) is 0 Å². The molecule has 0 aliphatic heterocycles. The summed E-state index contributed by atoms with van der Waals surface area (Å²) in [6, 6.07) is 0. The fraction of sp³-hybridized carbons (Fsp3) is 0.800. The van der Waals surface area contributed by atoms with Crippen molar-refractivity contribution in [2.24, 2.45) is 0 Å². The maximum atomic E-state index is 11.9. The first kappa shape index (κ1) is 11.0. The molecule has 0 saturated heterocycles.